The lowest BCUT2D eigenvalue weighted by molar-refractivity contribution is -0.125. The van der Waals surface area contributed by atoms with Crippen LogP contribution >= 0.6 is 15.9 Å². The highest BCUT2D eigenvalue weighted by Gasteiger charge is 2.38. The fraction of sp³-hybridized carbons (Fsp3) is 0.600. The number of rotatable bonds is 6. The van der Waals surface area contributed by atoms with Crippen molar-refractivity contribution in [3.05, 3.63) is 34.3 Å². The van der Waals surface area contributed by atoms with Gasteiger partial charge in [0, 0.05) is 29.6 Å². The molecule has 148 valence electrons. The Balaban J connectivity index is 1.50. The van der Waals surface area contributed by atoms with E-state index in [1.54, 1.807) is 24.3 Å². The van der Waals surface area contributed by atoms with Crippen LogP contribution in [0, 0.1) is 0 Å². The van der Waals surface area contributed by atoms with Gasteiger partial charge in [0.2, 0.25) is 0 Å². The molecule has 1 saturated heterocycles. The Bertz CT molecular complexity index is 638. The molecule has 2 fully saturated rings. The Hall–Kier alpha value is -1.44. The van der Waals surface area contributed by atoms with E-state index in [0.717, 1.165) is 43.6 Å². The summed E-state index contributed by atoms with van der Waals surface area (Å²) < 4.78 is 11.5. The Morgan fingerprint density at radius 2 is 1.78 bits per heavy atom. The number of carbonyl (C=O) groups is 2. The highest BCUT2D eigenvalue weighted by molar-refractivity contribution is 9.10. The number of nitrogens with one attached hydrogen (secondary N) is 1. The van der Waals surface area contributed by atoms with Crippen LogP contribution in [0.5, 0.6) is 0 Å². The molecule has 0 radical (unpaired) electrons. The topological polar surface area (TPSA) is 67.9 Å². The smallest absolute Gasteiger partial charge is 0.338 e. The zero-order valence-corrected chi connectivity index (χ0v) is 17.1. The van der Waals surface area contributed by atoms with E-state index in [0.29, 0.717) is 12.1 Å². The largest absolute Gasteiger partial charge is 0.452 e. The van der Waals surface area contributed by atoms with Crippen molar-refractivity contribution in [3.8, 4) is 0 Å². The van der Waals surface area contributed by atoms with Crippen molar-refractivity contribution in [1.29, 1.82) is 0 Å². The Kier molecular flexibility index (Phi) is 7.26. The molecule has 1 aromatic carbocycles. The molecular weight excluding hydrogens is 412 g/mol. The number of esters is 1. The molecule has 0 spiro atoms. The predicted molar refractivity (Wildman–Crippen MR) is 106 cm³/mol. The maximum absolute atomic E-state index is 12.3. The molecule has 27 heavy (non-hydrogen) atoms. The van der Waals surface area contributed by atoms with Gasteiger partial charge in [0.05, 0.1) is 18.8 Å². The van der Waals surface area contributed by atoms with E-state index in [4.69, 9.17) is 9.47 Å². The Labute approximate surface area is 168 Å². The lowest BCUT2D eigenvalue weighted by Gasteiger charge is -2.48. The van der Waals surface area contributed by atoms with E-state index in [1.165, 1.54) is 19.3 Å². The third-order valence-electron chi connectivity index (χ3n) is 5.50. The summed E-state index contributed by atoms with van der Waals surface area (Å²) in [5.41, 5.74) is 0.441. The van der Waals surface area contributed by atoms with Crippen LogP contribution in [0.1, 0.15) is 42.5 Å². The standard InChI is InChI=1S/C20H27BrN2O4/c21-17-6-4-16(5-7-17)19(25)27-14-18(24)22-15-20(8-2-1-3-9-20)23-10-12-26-13-11-23/h4-7H,1-3,8-15H2,(H,22,24). The summed E-state index contributed by atoms with van der Waals surface area (Å²) >= 11 is 3.32. The van der Waals surface area contributed by atoms with Crippen molar-refractivity contribution >= 4 is 27.8 Å². The van der Waals surface area contributed by atoms with Crippen LogP contribution in [0.3, 0.4) is 0 Å². The lowest BCUT2D eigenvalue weighted by Crippen LogP contribution is -2.59. The summed E-state index contributed by atoms with van der Waals surface area (Å²) in [6.07, 6.45) is 5.81. The van der Waals surface area contributed by atoms with Gasteiger partial charge in [-0.15, -0.1) is 0 Å². The molecule has 3 rings (SSSR count). The van der Waals surface area contributed by atoms with Gasteiger partial charge in [-0.2, -0.15) is 0 Å². The SMILES string of the molecule is O=C(COC(=O)c1ccc(Br)cc1)NCC1(N2CCOCC2)CCCCC1. The highest BCUT2D eigenvalue weighted by atomic mass is 79.9. The van der Waals surface area contributed by atoms with E-state index in [-0.39, 0.29) is 18.1 Å². The van der Waals surface area contributed by atoms with E-state index in [2.05, 4.69) is 26.1 Å². The second kappa shape index (κ2) is 9.66. The summed E-state index contributed by atoms with van der Waals surface area (Å²) in [5, 5.41) is 3.00. The number of benzene rings is 1. The van der Waals surface area contributed by atoms with E-state index >= 15 is 0 Å². The van der Waals surface area contributed by atoms with E-state index < -0.39 is 5.97 Å². The minimum absolute atomic E-state index is 0.00735. The number of ether oxygens (including phenoxy) is 2. The van der Waals surface area contributed by atoms with Crippen molar-refractivity contribution in [2.75, 3.05) is 39.5 Å². The number of hydrogen-bond donors (Lipinski definition) is 1. The number of morpholine rings is 1. The predicted octanol–water partition coefficient (Wildman–Crippen LogP) is 2.76. The molecular formula is C20H27BrN2O4. The summed E-state index contributed by atoms with van der Waals surface area (Å²) in [6, 6.07) is 6.87. The van der Waals surface area contributed by atoms with Gasteiger partial charge in [0.25, 0.3) is 5.91 Å². The van der Waals surface area contributed by atoms with Crippen LogP contribution in [0.4, 0.5) is 0 Å². The Morgan fingerprint density at radius 3 is 2.44 bits per heavy atom. The average molecular weight is 439 g/mol. The first-order chi connectivity index (χ1) is 13.1. The molecule has 7 heteroatoms. The summed E-state index contributed by atoms with van der Waals surface area (Å²) in [7, 11) is 0. The van der Waals surface area contributed by atoms with Crippen LogP contribution in [0.25, 0.3) is 0 Å². The minimum Gasteiger partial charge on any atom is -0.452 e. The summed E-state index contributed by atoms with van der Waals surface area (Å²) in [4.78, 5) is 26.8. The first-order valence-corrected chi connectivity index (χ1v) is 10.4. The average Bonchev–Trinajstić information content (AvgIpc) is 2.72. The molecule has 1 aromatic rings. The number of nitrogens with zero attached hydrogens (tertiary/aromatic N) is 1. The van der Waals surface area contributed by atoms with Gasteiger partial charge in [0.1, 0.15) is 0 Å². The molecule has 1 saturated carbocycles. The van der Waals surface area contributed by atoms with Crippen molar-refractivity contribution in [2.45, 2.75) is 37.6 Å². The molecule has 1 N–H and O–H groups in total. The first-order valence-electron chi connectivity index (χ1n) is 9.61. The number of halogens is 1. The lowest BCUT2D eigenvalue weighted by atomic mass is 9.79. The normalized spacial score (nSPS) is 20.0. The minimum atomic E-state index is -0.488. The van der Waals surface area contributed by atoms with Crippen molar-refractivity contribution in [2.24, 2.45) is 0 Å². The maximum Gasteiger partial charge on any atom is 0.338 e. The number of carbonyl (C=O) groups excluding carboxylic acids is 2. The molecule has 0 atom stereocenters. The van der Waals surface area contributed by atoms with Gasteiger partial charge >= 0.3 is 5.97 Å². The highest BCUT2D eigenvalue weighted by Crippen LogP contribution is 2.33. The molecule has 1 aliphatic carbocycles. The zero-order valence-electron chi connectivity index (χ0n) is 15.5. The fourth-order valence-corrected chi connectivity index (χ4v) is 4.23. The van der Waals surface area contributed by atoms with Crippen molar-refractivity contribution < 1.29 is 19.1 Å². The zero-order chi connectivity index (χ0) is 19.1. The van der Waals surface area contributed by atoms with Gasteiger partial charge < -0.3 is 14.8 Å². The van der Waals surface area contributed by atoms with Crippen LogP contribution in [0.15, 0.2) is 28.7 Å². The van der Waals surface area contributed by atoms with Gasteiger partial charge in [-0.25, -0.2) is 4.79 Å². The van der Waals surface area contributed by atoms with Gasteiger partial charge in [-0.3, -0.25) is 9.69 Å². The van der Waals surface area contributed by atoms with Crippen molar-refractivity contribution in [1.82, 2.24) is 10.2 Å². The molecule has 6 nitrogen and oxygen atoms in total. The molecule has 0 bridgehead atoms. The second-order valence-corrected chi connectivity index (χ2v) is 8.16. The monoisotopic (exact) mass is 438 g/mol. The van der Waals surface area contributed by atoms with Gasteiger partial charge in [-0.1, -0.05) is 35.2 Å². The van der Waals surface area contributed by atoms with Crippen LogP contribution < -0.4 is 5.32 Å². The third-order valence-corrected chi connectivity index (χ3v) is 6.02. The van der Waals surface area contributed by atoms with E-state index in [9.17, 15) is 9.59 Å². The molecule has 1 amide bonds. The molecule has 1 aliphatic heterocycles. The van der Waals surface area contributed by atoms with Crippen molar-refractivity contribution in [3.63, 3.8) is 0 Å². The second-order valence-electron chi connectivity index (χ2n) is 7.24. The van der Waals surface area contributed by atoms with Gasteiger partial charge in [0.15, 0.2) is 6.61 Å². The summed E-state index contributed by atoms with van der Waals surface area (Å²) in [6.45, 7) is 3.67. The molecule has 0 unspecified atom stereocenters. The maximum atomic E-state index is 12.3. The number of amides is 1. The van der Waals surface area contributed by atoms with Crippen LogP contribution in [-0.4, -0.2) is 61.8 Å². The Morgan fingerprint density at radius 1 is 1.11 bits per heavy atom. The third kappa shape index (κ3) is 5.53. The van der Waals surface area contributed by atoms with Crippen LogP contribution in [0.2, 0.25) is 0 Å². The molecule has 2 aliphatic rings. The molecule has 0 aromatic heterocycles. The van der Waals surface area contributed by atoms with E-state index in [1.807, 2.05) is 0 Å². The quantitative estimate of drug-likeness (QED) is 0.691. The molecule has 1 heterocycles. The first kappa shape index (κ1) is 20.3. The van der Waals surface area contributed by atoms with Crippen LogP contribution in [-0.2, 0) is 14.3 Å². The number of hydrogen-bond acceptors (Lipinski definition) is 5. The summed E-state index contributed by atoms with van der Waals surface area (Å²) in [5.74, 6) is -0.739. The fourth-order valence-electron chi connectivity index (χ4n) is 3.97. The van der Waals surface area contributed by atoms with Gasteiger partial charge in [-0.05, 0) is 37.1 Å².